The Balaban J connectivity index is 1.84. The van der Waals surface area contributed by atoms with E-state index >= 15 is 0 Å². The number of carboxylic acid groups (broad SMARTS) is 1. The predicted octanol–water partition coefficient (Wildman–Crippen LogP) is 3.27. The van der Waals surface area contributed by atoms with Gasteiger partial charge in [0.1, 0.15) is 6.04 Å². The first-order valence-electron chi connectivity index (χ1n) is 7.70. The van der Waals surface area contributed by atoms with Crippen molar-refractivity contribution in [2.45, 2.75) is 12.5 Å². The van der Waals surface area contributed by atoms with Crippen LogP contribution in [0.5, 0.6) is 0 Å². The van der Waals surface area contributed by atoms with Crippen molar-refractivity contribution >= 4 is 22.6 Å². The molecule has 0 fully saturated rings. The van der Waals surface area contributed by atoms with E-state index in [1.807, 2.05) is 48.5 Å². The second-order valence-corrected chi connectivity index (χ2v) is 5.57. The van der Waals surface area contributed by atoms with Crippen LogP contribution in [0, 0.1) is 0 Å². The Morgan fingerprint density at radius 3 is 2.29 bits per heavy atom. The van der Waals surface area contributed by atoms with Crippen LogP contribution in [0.1, 0.15) is 15.9 Å². The minimum absolute atomic E-state index is 0.231. The van der Waals surface area contributed by atoms with Gasteiger partial charge in [-0.15, -0.1) is 0 Å². The number of aliphatic carboxylic acids is 1. The molecule has 0 unspecified atom stereocenters. The SMILES string of the molecule is O=C(N[C@H](Cc1cccc2ccccc12)C(=O)O)c1ccccc1. The van der Waals surface area contributed by atoms with Gasteiger partial charge in [0, 0.05) is 12.0 Å². The smallest absolute Gasteiger partial charge is 0.326 e. The highest BCUT2D eigenvalue weighted by Gasteiger charge is 2.21. The molecule has 0 radical (unpaired) electrons. The number of fused-ring (bicyclic) bond motifs is 1. The quantitative estimate of drug-likeness (QED) is 0.758. The molecule has 1 amide bonds. The maximum absolute atomic E-state index is 12.2. The number of carbonyl (C=O) groups is 2. The minimum atomic E-state index is -1.05. The molecule has 0 aromatic heterocycles. The van der Waals surface area contributed by atoms with E-state index in [9.17, 15) is 14.7 Å². The molecule has 120 valence electrons. The van der Waals surface area contributed by atoms with Gasteiger partial charge >= 0.3 is 5.97 Å². The fraction of sp³-hybridized carbons (Fsp3) is 0.100. The Morgan fingerprint density at radius 1 is 0.875 bits per heavy atom. The van der Waals surface area contributed by atoms with Gasteiger partial charge in [-0.1, -0.05) is 60.7 Å². The maximum Gasteiger partial charge on any atom is 0.326 e. The van der Waals surface area contributed by atoms with Crippen molar-refractivity contribution in [1.82, 2.24) is 5.32 Å². The molecular formula is C20H17NO3. The molecule has 4 heteroatoms. The number of carboxylic acids is 1. The Labute approximate surface area is 139 Å². The lowest BCUT2D eigenvalue weighted by Crippen LogP contribution is -2.42. The Morgan fingerprint density at radius 2 is 1.54 bits per heavy atom. The topological polar surface area (TPSA) is 66.4 Å². The van der Waals surface area contributed by atoms with E-state index in [2.05, 4.69) is 5.32 Å². The summed E-state index contributed by atoms with van der Waals surface area (Å²) in [5.41, 5.74) is 1.34. The fourth-order valence-electron chi connectivity index (χ4n) is 2.72. The number of amides is 1. The lowest BCUT2D eigenvalue weighted by molar-refractivity contribution is -0.139. The highest BCUT2D eigenvalue weighted by molar-refractivity contribution is 5.96. The highest BCUT2D eigenvalue weighted by atomic mass is 16.4. The number of hydrogen-bond donors (Lipinski definition) is 2. The standard InChI is InChI=1S/C20H17NO3/c22-19(15-8-2-1-3-9-15)21-18(20(23)24)13-16-11-6-10-14-7-4-5-12-17(14)16/h1-12,18H,13H2,(H,21,22)(H,23,24)/t18-/m1/s1. The van der Waals surface area contributed by atoms with Gasteiger partial charge in [-0.05, 0) is 28.5 Å². The van der Waals surface area contributed by atoms with Crippen LogP contribution in [-0.2, 0) is 11.2 Å². The summed E-state index contributed by atoms with van der Waals surface area (Å²) in [5.74, 6) is -1.43. The van der Waals surface area contributed by atoms with Crippen LogP contribution in [0.15, 0.2) is 72.8 Å². The van der Waals surface area contributed by atoms with Gasteiger partial charge in [0.05, 0.1) is 0 Å². The van der Waals surface area contributed by atoms with Gasteiger partial charge in [-0.25, -0.2) is 4.79 Å². The lowest BCUT2D eigenvalue weighted by atomic mass is 9.98. The number of carbonyl (C=O) groups excluding carboxylic acids is 1. The molecule has 0 saturated carbocycles. The van der Waals surface area contributed by atoms with Gasteiger partial charge in [0.15, 0.2) is 0 Å². The van der Waals surface area contributed by atoms with E-state index in [0.717, 1.165) is 16.3 Å². The lowest BCUT2D eigenvalue weighted by Gasteiger charge is -2.16. The molecule has 0 aliphatic carbocycles. The van der Waals surface area contributed by atoms with Crippen LogP contribution >= 0.6 is 0 Å². The molecule has 0 saturated heterocycles. The summed E-state index contributed by atoms with van der Waals surface area (Å²) in [5, 5.41) is 14.1. The molecule has 2 N–H and O–H groups in total. The number of rotatable bonds is 5. The van der Waals surface area contributed by atoms with Crippen LogP contribution in [0.2, 0.25) is 0 Å². The van der Waals surface area contributed by atoms with Crippen molar-refractivity contribution < 1.29 is 14.7 Å². The first kappa shape index (κ1) is 15.7. The van der Waals surface area contributed by atoms with Crippen molar-refractivity contribution in [3.8, 4) is 0 Å². The zero-order valence-electron chi connectivity index (χ0n) is 13.0. The van der Waals surface area contributed by atoms with Crippen LogP contribution in [0.4, 0.5) is 0 Å². The number of benzene rings is 3. The van der Waals surface area contributed by atoms with Crippen LogP contribution in [0.3, 0.4) is 0 Å². The zero-order valence-corrected chi connectivity index (χ0v) is 13.0. The summed E-state index contributed by atoms with van der Waals surface area (Å²) >= 11 is 0. The molecule has 1 atom stereocenters. The summed E-state index contributed by atoms with van der Waals surface area (Å²) < 4.78 is 0. The van der Waals surface area contributed by atoms with E-state index in [1.54, 1.807) is 24.3 Å². The van der Waals surface area contributed by atoms with E-state index in [1.165, 1.54) is 0 Å². The van der Waals surface area contributed by atoms with E-state index in [-0.39, 0.29) is 12.3 Å². The third-order valence-corrected chi connectivity index (χ3v) is 3.94. The molecule has 24 heavy (non-hydrogen) atoms. The van der Waals surface area contributed by atoms with Gasteiger partial charge in [-0.2, -0.15) is 0 Å². The van der Waals surface area contributed by atoms with Crippen LogP contribution in [0.25, 0.3) is 10.8 Å². The summed E-state index contributed by atoms with van der Waals surface area (Å²) in [6.45, 7) is 0. The molecule has 0 heterocycles. The summed E-state index contributed by atoms with van der Waals surface area (Å²) in [7, 11) is 0. The van der Waals surface area contributed by atoms with Crippen molar-refractivity contribution in [2.75, 3.05) is 0 Å². The maximum atomic E-state index is 12.2. The van der Waals surface area contributed by atoms with Gasteiger partial charge in [-0.3, -0.25) is 4.79 Å². The Hall–Kier alpha value is -3.14. The molecule has 0 aliphatic heterocycles. The van der Waals surface area contributed by atoms with Crippen molar-refractivity contribution in [3.63, 3.8) is 0 Å². The van der Waals surface area contributed by atoms with E-state index < -0.39 is 12.0 Å². The number of hydrogen-bond acceptors (Lipinski definition) is 2. The van der Waals surface area contributed by atoms with Gasteiger partial charge in [0.25, 0.3) is 5.91 Å². The van der Waals surface area contributed by atoms with Crippen LogP contribution < -0.4 is 5.32 Å². The first-order valence-corrected chi connectivity index (χ1v) is 7.70. The molecule has 3 aromatic rings. The van der Waals surface area contributed by atoms with Gasteiger partial charge < -0.3 is 10.4 Å². The van der Waals surface area contributed by atoms with Crippen molar-refractivity contribution in [2.24, 2.45) is 0 Å². The summed E-state index contributed by atoms with van der Waals surface area (Å²) in [6.07, 6.45) is 0.231. The monoisotopic (exact) mass is 319 g/mol. The second kappa shape index (κ2) is 6.96. The molecule has 0 spiro atoms. The van der Waals surface area contributed by atoms with Crippen molar-refractivity contribution in [3.05, 3.63) is 83.9 Å². The first-order chi connectivity index (χ1) is 11.6. The van der Waals surface area contributed by atoms with Gasteiger partial charge in [0.2, 0.25) is 0 Å². The normalized spacial score (nSPS) is 11.8. The third kappa shape index (κ3) is 3.43. The molecule has 3 aromatic carbocycles. The average Bonchev–Trinajstić information content (AvgIpc) is 2.62. The second-order valence-electron chi connectivity index (χ2n) is 5.57. The van der Waals surface area contributed by atoms with E-state index in [0.29, 0.717) is 5.56 Å². The Bertz CT molecular complexity index is 869. The summed E-state index contributed by atoms with van der Waals surface area (Å²) in [4.78, 5) is 23.8. The molecule has 4 nitrogen and oxygen atoms in total. The summed E-state index contributed by atoms with van der Waals surface area (Å²) in [6, 6.07) is 21.2. The predicted molar refractivity (Wildman–Crippen MR) is 93.0 cm³/mol. The molecule has 0 aliphatic rings. The minimum Gasteiger partial charge on any atom is -0.480 e. The fourth-order valence-corrected chi connectivity index (χ4v) is 2.72. The number of nitrogens with one attached hydrogen (secondary N) is 1. The molecular weight excluding hydrogens is 302 g/mol. The molecule has 3 rings (SSSR count). The van der Waals surface area contributed by atoms with Crippen molar-refractivity contribution in [1.29, 1.82) is 0 Å². The largest absolute Gasteiger partial charge is 0.480 e. The van der Waals surface area contributed by atoms with E-state index in [4.69, 9.17) is 0 Å². The third-order valence-electron chi connectivity index (χ3n) is 3.94. The molecule has 0 bridgehead atoms. The van der Waals surface area contributed by atoms with Crippen LogP contribution in [-0.4, -0.2) is 23.0 Å². The Kier molecular flexibility index (Phi) is 4.57. The average molecular weight is 319 g/mol. The zero-order chi connectivity index (χ0) is 16.9. The highest BCUT2D eigenvalue weighted by Crippen LogP contribution is 2.20.